The minimum absolute atomic E-state index is 0.0488. The fourth-order valence-electron chi connectivity index (χ4n) is 4.84. The third kappa shape index (κ3) is 5.00. The molecule has 1 amide bonds. The second-order valence-corrected chi connectivity index (χ2v) is 10.0. The van der Waals surface area contributed by atoms with Crippen molar-refractivity contribution in [1.29, 1.82) is 5.26 Å². The van der Waals surface area contributed by atoms with E-state index >= 15 is 0 Å². The summed E-state index contributed by atoms with van der Waals surface area (Å²) in [5, 5.41) is 9.66. The molecular weight excluding hydrogens is 438 g/mol. The Kier molecular flexibility index (Phi) is 6.53. The number of aryl methyl sites for hydroxylation is 1. The van der Waals surface area contributed by atoms with E-state index in [2.05, 4.69) is 6.07 Å². The van der Waals surface area contributed by atoms with Gasteiger partial charge in [0.1, 0.15) is 5.60 Å². The summed E-state index contributed by atoms with van der Waals surface area (Å²) in [6.45, 7) is 6.29. The van der Waals surface area contributed by atoms with Crippen molar-refractivity contribution in [2.45, 2.75) is 45.3 Å². The monoisotopic (exact) mass is 469 g/mol. The highest BCUT2D eigenvalue weighted by atomic mass is 16.6. The van der Waals surface area contributed by atoms with Gasteiger partial charge in [0, 0.05) is 38.7 Å². The molecule has 1 aliphatic rings. The summed E-state index contributed by atoms with van der Waals surface area (Å²) >= 11 is 0. The molecule has 0 N–H and O–H groups in total. The molecule has 6 nitrogen and oxygen atoms in total. The molecule has 4 rings (SSSR count). The Morgan fingerprint density at radius 3 is 2.29 bits per heavy atom. The zero-order valence-electron chi connectivity index (χ0n) is 20.7. The molecule has 35 heavy (non-hydrogen) atoms. The molecule has 0 bridgehead atoms. The van der Waals surface area contributed by atoms with Crippen LogP contribution in [0.25, 0.3) is 11.1 Å². The minimum Gasteiger partial charge on any atom is -0.438 e. The number of cyclic esters (lactones) is 1. The molecule has 1 unspecified atom stereocenters. The number of hydrogen-bond acceptors (Lipinski definition) is 4. The topological polar surface area (TPSA) is 75.3 Å². The van der Waals surface area contributed by atoms with E-state index in [1.165, 1.54) is 0 Å². The van der Waals surface area contributed by atoms with Crippen molar-refractivity contribution in [3.63, 3.8) is 0 Å². The lowest BCUT2D eigenvalue weighted by atomic mass is 9.75. The normalized spacial score (nSPS) is 19.1. The predicted octanol–water partition coefficient (Wildman–Crippen LogP) is 5.79. The Balaban J connectivity index is 1.55. The number of carbonyl (C=O) groups is 1. The van der Waals surface area contributed by atoms with Crippen molar-refractivity contribution in [2.24, 2.45) is 12.5 Å². The Morgan fingerprint density at radius 1 is 1.03 bits per heavy atom. The molecule has 2 atom stereocenters. The maximum absolute atomic E-state index is 13.3. The van der Waals surface area contributed by atoms with Gasteiger partial charge in [-0.3, -0.25) is 4.79 Å². The minimum atomic E-state index is -0.832. The van der Waals surface area contributed by atoms with Gasteiger partial charge >= 0.3 is 6.09 Å². The van der Waals surface area contributed by atoms with Gasteiger partial charge in [-0.25, -0.2) is 4.79 Å². The van der Waals surface area contributed by atoms with Crippen LogP contribution in [0, 0.1) is 16.7 Å². The summed E-state index contributed by atoms with van der Waals surface area (Å²) in [4.78, 5) is 26.7. The first kappa shape index (κ1) is 24.3. The first-order valence-electron chi connectivity index (χ1n) is 11.9. The molecule has 0 spiro atoms. The first-order valence-corrected chi connectivity index (χ1v) is 11.9. The van der Waals surface area contributed by atoms with Crippen LogP contribution in [0.3, 0.4) is 0 Å². The molecule has 3 aromatic rings. The van der Waals surface area contributed by atoms with Crippen molar-refractivity contribution in [1.82, 2.24) is 9.47 Å². The Labute approximate surface area is 206 Å². The van der Waals surface area contributed by atoms with E-state index in [1.807, 2.05) is 87.6 Å². The number of carbonyl (C=O) groups excluding carboxylic acids is 1. The van der Waals surface area contributed by atoms with Gasteiger partial charge in [-0.05, 0) is 49.1 Å². The van der Waals surface area contributed by atoms with Gasteiger partial charge < -0.3 is 14.2 Å². The third-order valence-electron chi connectivity index (χ3n) is 6.88. The van der Waals surface area contributed by atoms with Gasteiger partial charge in [0.05, 0.1) is 17.5 Å². The molecule has 1 fully saturated rings. The molecule has 2 aromatic carbocycles. The number of hydrogen-bond donors (Lipinski definition) is 0. The Hall–Kier alpha value is -3.85. The number of ether oxygens (including phenoxy) is 1. The predicted molar refractivity (Wildman–Crippen MR) is 135 cm³/mol. The van der Waals surface area contributed by atoms with E-state index in [1.54, 1.807) is 22.6 Å². The number of nitriles is 1. The maximum atomic E-state index is 13.3. The van der Waals surface area contributed by atoms with Crippen LogP contribution in [0.15, 0.2) is 77.7 Å². The molecule has 0 aliphatic carbocycles. The summed E-state index contributed by atoms with van der Waals surface area (Å²) in [6, 6.07) is 23.3. The highest BCUT2D eigenvalue weighted by molar-refractivity contribution is 5.70. The molecule has 2 heterocycles. The number of benzene rings is 2. The van der Waals surface area contributed by atoms with Gasteiger partial charge in [-0.1, -0.05) is 54.6 Å². The zero-order valence-corrected chi connectivity index (χ0v) is 20.7. The average Bonchev–Trinajstić information content (AvgIpc) is 2.86. The lowest BCUT2D eigenvalue weighted by Crippen LogP contribution is -2.50. The summed E-state index contributed by atoms with van der Waals surface area (Å²) in [5.74, 6) is 0. The quantitative estimate of drug-likeness (QED) is 0.458. The van der Waals surface area contributed by atoms with Gasteiger partial charge in [-0.15, -0.1) is 0 Å². The molecular formula is C29H31N3O3. The highest BCUT2D eigenvalue weighted by Gasteiger charge is 2.46. The van der Waals surface area contributed by atoms with Crippen LogP contribution in [0.2, 0.25) is 0 Å². The number of rotatable bonds is 6. The van der Waals surface area contributed by atoms with Crippen LogP contribution >= 0.6 is 0 Å². The molecule has 1 aliphatic heterocycles. The number of amides is 1. The Bertz CT molecular complexity index is 1310. The van der Waals surface area contributed by atoms with Crippen LogP contribution in [0.5, 0.6) is 0 Å². The summed E-state index contributed by atoms with van der Waals surface area (Å²) < 4.78 is 7.73. The van der Waals surface area contributed by atoms with E-state index in [0.717, 1.165) is 22.3 Å². The molecule has 6 heteroatoms. The largest absolute Gasteiger partial charge is 0.438 e. The number of nitrogens with zero attached hydrogens (tertiary/aromatic N) is 3. The summed E-state index contributed by atoms with van der Waals surface area (Å²) in [7, 11) is 1.73. The van der Waals surface area contributed by atoms with E-state index in [0.29, 0.717) is 19.4 Å². The van der Waals surface area contributed by atoms with Crippen LogP contribution in [0.1, 0.15) is 50.8 Å². The third-order valence-corrected chi connectivity index (χ3v) is 6.88. The fourth-order valence-corrected chi connectivity index (χ4v) is 4.84. The van der Waals surface area contributed by atoms with Gasteiger partial charge in [0.25, 0.3) is 0 Å². The average molecular weight is 470 g/mol. The van der Waals surface area contributed by atoms with E-state index in [-0.39, 0.29) is 17.7 Å². The van der Waals surface area contributed by atoms with Crippen molar-refractivity contribution >= 4 is 6.09 Å². The molecule has 0 radical (unpaired) electrons. The SMILES string of the molecule is C[C@@H](c1ccc(-c2ccc(=O)n(C)c2)cc1)N1CCC(CC(C)(C)C#N)(c2ccccc2)OC1=O. The van der Waals surface area contributed by atoms with Crippen LogP contribution in [-0.4, -0.2) is 22.1 Å². The van der Waals surface area contributed by atoms with Crippen LogP contribution < -0.4 is 5.56 Å². The van der Waals surface area contributed by atoms with Crippen LogP contribution in [-0.2, 0) is 17.4 Å². The summed E-state index contributed by atoms with van der Waals surface area (Å²) in [5.41, 5.74) is 2.36. The fraction of sp³-hybridized carbons (Fsp3) is 0.345. The van der Waals surface area contributed by atoms with Crippen molar-refractivity contribution in [2.75, 3.05) is 6.54 Å². The van der Waals surface area contributed by atoms with E-state index in [9.17, 15) is 14.9 Å². The van der Waals surface area contributed by atoms with E-state index in [4.69, 9.17) is 4.74 Å². The zero-order chi connectivity index (χ0) is 25.2. The lowest BCUT2D eigenvalue weighted by molar-refractivity contribution is -0.0770. The molecule has 1 aromatic heterocycles. The van der Waals surface area contributed by atoms with Gasteiger partial charge in [-0.2, -0.15) is 5.26 Å². The second kappa shape index (κ2) is 9.42. The highest BCUT2D eigenvalue weighted by Crippen LogP contribution is 2.44. The number of pyridine rings is 1. The van der Waals surface area contributed by atoms with Gasteiger partial charge in [0.2, 0.25) is 5.56 Å². The second-order valence-electron chi connectivity index (χ2n) is 10.0. The van der Waals surface area contributed by atoms with E-state index < -0.39 is 11.0 Å². The summed E-state index contributed by atoms with van der Waals surface area (Å²) in [6.07, 6.45) is 2.48. The molecule has 0 saturated carbocycles. The van der Waals surface area contributed by atoms with Gasteiger partial charge in [0.15, 0.2) is 0 Å². The van der Waals surface area contributed by atoms with Crippen LogP contribution in [0.4, 0.5) is 4.79 Å². The Morgan fingerprint density at radius 2 is 1.69 bits per heavy atom. The van der Waals surface area contributed by atoms with Crippen molar-refractivity contribution in [3.05, 3.63) is 94.4 Å². The lowest BCUT2D eigenvalue weighted by Gasteiger charge is -2.45. The molecule has 1 saturated heterocycles. The number of aromatic nitrogens is 1. The maximum Gasteiger partial charge on any atom is 0.411 e. The smallest absolute Gasteiger partial charge is 0.411 e. The standard InChI is InChI=1S/C29H31N3O3/c1-21(22-10-12-23(13-11-22)24-14-15-26(33)31(4)18-24)32-17-16-29(35-27(32)34,19-28(2,3)20-30)25-8-6-5-7-9-25/h5-15,18,21H,16-17,19H2,1-4H3/t21-,29?/m0/s1. The van der Waals surface area contributed by atoms with Crippen molar-refractivity contribution < 1.29 is 9.53 Å². The van der Waals surface area contributed by atoms with Crippen molar-refractivity contribution in [3.8, 4) is 17.2 Å². The first-order chi connectivity index (χ1) is 16.6. The molecule has 180 valence electrons.